The highest BCUT2D eigenvalue weighted by molar-refractivity contribution is 6.67. The number of isocyanates is 1. The van der Waals surface area contributed by atoms with Crippen molar-refractivity contribution in [3.63, 3.8) is 0 Å². The summed E-state index contributed by atoms with van der Waals surface area (Å²) in [6.45, 7) is 1.96. The first-order valence-electron chi connectivity index (χ1n) is 3.38. The van der Waals surface area contributed by atoms with E-state index in [-0.39, 0.29) is 0 Å². The fourth-order valence-electron chi connectivity index (χ4n) is 0.766. The molecule has 0 aromatic heterocycles. The fourth-order valence-corrected chi connectivity index (χ4v) is 2.30. The summed E-state index contributed by atoms with van der Waals surface area (Å²) in [6, 6.07) is 0.783. The van der Waals surface area contributed by atoms with Gasteiger partial charge in [0, 0.05) is 14.2 Å². The number of hydrogen-bond acceptors (Lipinski definition) is 4. The van der Waals surface area contributed by atoms with Crippen LogP contribution in [-0.2, 0) is 13.6 Å². The van der Waals surface area contributed by atoms with Crippen LogP contribution < -0.4 is 0 Å². The van der Waals surface area contributed by atoms with Crippen LogP contribution >= 0.6 is 0 Å². The van der Waals surface area contributed by atoms with Crippen molar-refractivity contribution in [3.8, 4) is 0 Å². The van der Waals surface area contributed by atoms with Crippen LogP contribution in [0.4, 0.5) is 0 Å². The quantitative estimate of drug-likeness (QED) is 0.349. The molecule has 0 amide bonds. The van der Waals surface area contributed by atoms with Crippen molar-refractivity contribution >= 4 is 14.6 Å². The van der Waals surface area contributed by atoms with Gasteiger partial charge in [0.05, 0.1) is 6.17 Å². The largest absolute Gasteiger partial charge is 0.397 e. The number of hydrogen-bond donors (Lipinski definition) is 0. The summed E-state index contributed by atoms with van der Waals surface area (Å²) in [5.41, 5.74) is 0. The van der Waals surface area contributed by atoms with Crippen molar-refractivity contribution in [1.82, 2.24) is 0 Å². The minimum Gasteiger partial charge on any atom is -0.397 e. The Bertz CT molecular complexity index is 144. The summed E-state index contributed by atoms with van der Waals surface area (Å²) >= 11 is 0. The van der Waals surface area contributed by atoms with Gasteiger partial charge >= 0.3 is 8.56 Å². The van der Waals surface area contributed by atoms with Crippen molar-refractivity contribution in [2.75, 3.05) is 20.4 Å². The van der Waals surface area contributed by atoms with Crippen molar-refractivity contribution in [1.29, 1.82) is 0 Å². The fraction of sp³-hybridized carbons (Fsp3) is 0.833. The summed E-state index contributed by atoms with van der Waals surface area (Å²) < 4.78 is 10.4. The van der Waals surface area contributed by atoms with Crippen LogP contribution in [0.5, 0.6) is 0 Å². The van der Waals surface area contributed by atoms with Crippen LogP contribution in [0.2, 0.25) is 6.04 Å². The zero-order valence-electron chi connectivity index (χ0n) is 7.09. The molecule has 0 bridgehead atoms. The Morgan fingerprint density at radius 2 is 2.00 bits per heavy atom. The second kappa shape index (κ2) is 5.20. The van der Waals surface area contributed by atoms with E-state index in [2.05, 4.69) is 4.99 Å². The molecule has 0 N–H and O–H groups in total. The number of aliphatic imine (C=N–C) groups is 1. The highest BCUT2D eigenvalue weighted by atomic mass is 28.4. The Balaban J connectivity index is 4.15. The molecule has 0 rings (SSSR count). The van der Waals surface area contributed by atoms with E-state index in [1.54, 1.807) is 14.2 Å². The van der Waals surface area contributed by atoms with E-state index in [0.29, 0.717) is 6.17 Å². The minimum absolute atomic E-state index is 0.333. The smallest absolute Gasteiger partial charge is 0.360 e. The molecule has 64 valence electrons. The molecule has 0 aliphatic heterocycles. The maximum Gasteiger partial charge on any atom is 0.360 e. The van der Waals surface area contributed by atoms with E-state index in [9.17, 15) is 4.79 Å². The normalized spacial score (nSPS) is 10.8. The van der Waals surface area contributed by atoms with Gasteiger partial charge in [-0.25, -0.2) is 9.79 Å². The molecular weight excluding hydrogens is 162 g/mol. The zero-order valence-corrected chi connectivity index (χ0v) is 8.09. The molecule has 0 aromatic carbocycles. The number of nitrogens with zero attached hydrogens (tertiary/aromatic N) is 1. The van der Waals surface area contributed by atoms with Crippen molar-refractivity contribution < 1.29 is 13.6 Å². The average molecular weight is 175 g/mol. The lowest BCUT2D eigenvalue weighted by Crippen LogP contribution is -2.43. The van der Waals surface area contributed by atoms with E-state index < -0.39 is 8.56 Å². The Morgan fingerprint density at radius 3 is 2.27 bits per heavy atom. The Kier molecular flexibility index (Phi) is 4.98. The average Bonchev–Trinajstić information content (AvgIpc) is 2.08. The first-order chi connectivity index (χ1) is 5.24. The molecule has 0 saturated heterocycles. The molecule has 0 unspecified atom stereocenters. The maximum atomic E-state index is 9.82. The van der Waals surface area contributed by atoms with Crippen molar-refractivity contribution in [3.05, 3.63) is 0 Å². The van der Waals surface area contributed by atoms with Gasteiger partial charge in [0.15, 0.2) is 0 Å². The molecule has 0 spiro atoms. The molecule has 0 heterocycles. The van der Waals surface area contributed by atoms with Crippen LogP contribution in [0.15, 0.2) is 4.99 Å². The van der Waals surface area contributed by atoms with E-state index in [1.165, 1.54) is 6.08 Å². The third kappa shape index (κ3) is 2.94. The Morgan fingerprint density at radius 1 is 1.45 bits per heavy atom. The van der Waals surface area contributed by atoms with Gasteiger partial charge in [0.2, 0.25) is 6.08 Å². The third-order valence-corrected chi connectivity index (χ3v) is 4.87. The van der Waals surface area contributed by atoms with Crippen molar-refractivity contribution in [2.45, 2.75) is 13.0 Å². The molecule has 11 heavy (non-hydrogen) atoms. The van der Waals surface area contributed by atoms with E-state index in [4.69, 9.17) is 8.85 Å². The Hall–Kier alpha value is -0.483. The lowest BCUT2D eigenvalue weighted by molar-refractivity contribution is 0.245. The topological polar surface area (TPSA) is 47.9 Å². The number of carbonyl (C=O) groups excluding carboxylic acids is 1. The predicted molar refractivity (Wildman–Crippen MR) is 43.2 cm³/mol. The molecule has 0 radical (unpaired) electrons. The van der Waals surface area contributed by atoms with Gasteiger partial charge in [0.1, 0.15) is 0 Å². The highest BCUT2D eigenvalue weighted by Gasteiger charge is 2.32. The van der Waals surface area contributed by atoms with E-state index >= 15 is 0 Å². The maximum absolute atomic E-state index is 9.82. The summed E-state index contributed by atoms with van der Waals surface area (Å²) in [7, 11) is 0.998. The predicted octanol–water partition coefficient (Wildman–Crippen LogP) is 0.616. The van der Waals surface area contributed by atoms with Crippen LogP contribution in [-0.4, -0.2) is 35.0 Å². The SMILES string of the molecule is CC[Si](CN=C=O)(OC)OC. The lowest BCUT2D eigenvalue weighted by Gasteiger charge is -2.22. The molecule has 0 saturated carbocycles. The second-order valence-electron chi connectivity index (χ2n) is 2.08. The standard InChI is InChI=1S/C6H13NO3Si/c1-4-11(9-2,10-3)6-7-5-8/h4,6H2,1-3H3. The molecular formula is C6H13NO3Si. The highest BCUT2D eigenvalue weighted by Crippen LogP contribution is 2.10. The van der Waals surface area contributed by atoms with Gasteiger partial charge in [-0.3, -0.25) is 0 Å². The summed E-state index contributed by atoms with van der Waals surface area (Å²) in [5.74, 6) is 0. The third-order valence-electron chi connectivity index (χ3n) is 1.67. The monoisotopic (exact) mass is 175 g/mol. The first-order valence-corrected chi connectivity index (χ1v) is 5.61. The van der Waals surface area contributed by atoms with E-state index in [0.717, 1.165) is 6.04 Å². The zero-order chi connectivity index (χ0) is 8.74. The van der Waals surface area contributed by atoms with Crippen LogP contribution in [0.3, 0.4) is 0 Å². The lowest BCUT2D eigenvalue weighted by atomic mass is 11.0. The molecule has 5 heteroatoms. The van der Waals surface area contributed by atoms with Gasteiger partial charge in [-0.2, -0.15) is 0 Å². The number of rotatable bonds is 5. The van der Waals surface area contributed by atoms with Gasteiger partial charge in [-0.05, 0) is 6.04 Å². The Labute approximate surface area is 67.5 Å². The van der Waals surface area contributed by atoms with Gasteiger partial charge < -0.3 is 8.85 Å². The summed E-state index contributed by atoms with van der Waals surface area (Å²) in [5, 5.41) is 0. The van der Waals surface area contributed by atoms with Gasteiger partial charge in [-0.15, -0.1) is 0 Å². The van der Waals surface area contributed by atoms with Crippen molar-refractivity contribution in [2.24, 2.45) is 4.99 Å². The van der Waals surface area contributed by atoms with Crippen LogP contribution in [0.25, 0.3) is 0 Å². The van der Waals surface area contributed by atoms with Crippen LogP contribution in [0, 0.1) is 0 Å². The molecule has 0 aromatic rings. The minimum atomic E-state index is -2.17. The molecule has 0 aliphatic carbocycles. The summed E-state index contributed by atoms with van der Waals surface area (Å²) in [4.78, 5) is 13.3. The van der Waals surface area contributed by atoms with Gasteiger partial charge in [-0.1, -0.05) is 6.92 Å². The summed E-state index contributed by atoms with van der Waals surface area (Å²) in [6.07, 6.45) is 1.81. The second-order valence-corrected chi connectivity index (χ2v) is 5.74. The molecule has 4 nitrogen and oxygen atoms in total. The van der Waals surface area contributed by atoms with Crippen LogP contribution in [0.1, 0.15) is 6.92 Å². The van der Waals surface area contributed by atoms with E-state index in [1.807, 2.05) is 6.92 Å². The van der Waals surface area contributed by atoms with Gasteiger partial charge in [0.25, 0.3) is 0 Å². The molecule has 0 fully saturated rings. The first kappa shape index (κ1) is 10.5. The molecule has 0 aliphatic rings. The molecule has 0 atom stereocenters.